The minimum absolute atomic E-state index is 0.0796. The molecule has 0 saturated heterocycles. The number of amides is 1. The summed E-state index contributed by atoms with van der Waals surface area (Å²) < 4.78 is 2.28. The lowest BCUT2D eigenvalue weighted by molar-refractivity contribution is 0.0985. The summed E-state index contributed by atoms with van der Waals surface area (Å²) in [6.07, 6.45) is 17.2. The molecule has 3 aliphatic carbocycles. The summed E-state index contributed by atoms with van der Waals surface area (Å²) in [6, 6.07) is 9.06. The zero-order chi connectivity index (χ0) is 21.2. The minimum Gasteiger partial charge on any atom is -0.310 e. The maximum Gasteiger partial charge on any atom is 0.278 e. The van der Waals surface area contributed by atoms with Crippen LogP contribution >= 0.6 is 0 Å². The summed E-state index contributed by atoms with van der Waals surface area (Å²) in [5.74, 6) is 0.657. The summed E-state index contributed by atoms with van der Waals surface area (Å²) in [6.45, 7) is 0. The third-order valence-electron chi connectivity index (χ3n) is 7.98. The highest BCUT2D eigenvalue weighted by Crippen LogP contribution is 2.38. The molecular formula is C27H37N3O. The van der Waals surface area contributed by atoms with Crippen LogP contribution in [-0.2, 0) is 12.8 Å². The van der Waals surface area contributed by atoms with Gasteiger partial charge in [0.05, 0.1) is 6.04 Å². The van der Waals surface area contributed by atoms with Crippen molar-refractivity contribution in [2.24, 2.45) is 0 Å². The second-order valence-corrected chi connectivity index (χ2v) is 9.98. The molecule has 1 aromatic carbocycles. The van der Waals surface area contributed by atoms with Crippen molar-refractivity contribution in [1.82, 2.24) is 9.78 Å². The van der Waals surface area contributed by atoms with Gasteiger partial charge in [0.2, 0.25) is 0 Å². The largest absolute Gasteiger partial charge is 0.310 e. The minimum atomic E-state index is 0.0796. The number of carbonyl (C=O) groups excluding carboxylic acids is 1. The fourth-order valence-corrected chi connectivity index (χ4v) is 6.25. The zero-order valence-electron chi connectivity index (χ0n) is 19.1. The Balaban J connectivity index is 1.47. The van der Waals surface area contributed by atoms with Crippen LogP contribution in [0, 0.1) is 0 Å². The van der Waals surface area contributed by atoms with Crippen LogP contribution in [0.4, 0.5) is 5.69 Å². The maximum absolute atomic E-state index is 13.8. The van der Waals surface area contributed by atoms with E-state index in [4.69, 9.17) is 5.10 Å². The molecular weight excluding hydrogens is 382 g/mol. The average molecular weight is 420 g/mol. The molecule has 0 bridgehead atoms. The quantitative estimate of drug-likeness (QED) is 0.560. The predicted octanol–water partition coefficient (Wildman–Crippen LogP) is 6.59. The number of fused-ring (bicyclic) bond motifs is 1. The Morgan fingerprint density at radius 2 is 1.58 bits per heavy atom. The molecule has 4 heteroatoms. The smallest absolute Gasteiger partial charge is 0.278 e. The third-order valence-corrected chi connectivity index (χ3v) is 7.98. The van der Waals surface area contributed by atoms with E-state index in [1.807, 2.05) is 11.9 Å². The average Bonchev–Trinajstić information content (AvgIpc) is 3.24. The van der Waals surface area contributed by atoms with Gasteiger partial charge in [-0.3, -0.25) is 9.48 Å². The molecule has 4 nitrogen and oxygen atoms in total. The Kier molecular flexibility index (Phi) is 6.15. The Hall–Kier alpha value is -2.10. The normalized spacial score (nSPS) is 20.4. The summed E-state index contributed by atoms with van der Waals surface area (Å²) in [5, 5.41) is 5.03. The number of aromatic nitrogens is 2. The van der Waals surface area contributed by atoms with Crippen LogP contribution in [-0.4, -0.2) is 22.7 Å². The van der Waals surface area contributed by atoms with Gasteiger partial charge >= 0.3 is 0 Å². The summed E-state index contributed by atoms with van der Waals surface area (Å²) in [5.41, 5.74) is 5.75. The van der Waals surface area contributed by atoms with Gasteiger partial charge in [0.1, 0.15) is 0 Å². The molecule has 1 amide bonds. The van der Waals surface area contributed by atoms with E-state index >= 15 is 0 Å². The first-order valence-corrected chi connectivity index (χ1v) is 12.7. The zero-order valence-corrected chi connectivity index (χ0v) is 19.1. The third kappa shape index (κ3) is 4.06. The predicted molar refractivity (Wildman–Crippen MR) is 126 cm³/mol. The molecule has 0 spiro atoms. The van der Waals surface area contributed by atoms with Gasteiger partial charge < -0.3 is 4.90 Å². The molecule has 0 atom stereocenters. The van der Waals surface area contributed by atoms with Crippen molar-refractivity contribution >= 4 is 11.6 Å². The summed E-state index contributed by atoms with van der Waals surface area (Å²) in [7, 11) is 1.96. The molecule has 3 aliphatic rings. The fourth-order valence-electron chi connectivity index (χ4n) is 6.25. The summed E-state index contributed by atoms with van der Waals surface area (Å²) in [4.78, 5) is 15.7. The molecule has 5 rings (SSSR count). The van der Waals surface area contributed by atoms with Gasteiger partial charge in [0.25, 0.3) is 5.91 Å². The van der Waals surface area contributed by atoms with Gasteiger partial charge in [0, 0.05) is 24.0 Å². The lowest BCUT2D eigenvalue weighted by atomic mass is 9.83. The van der Waals surface area contributed by atoms with Crippen molar-refractivity contribution in [2.75, 3.05) is 11.9 Å². The summed E-state index contributed by atoms with van der Waals surface area (Å²) >= 11 is 0. The van der Waals surface area contributed by atoms with Crippen molar-refractivity contribution < 1.29 is 4.79 Å². The van der Waals surface area contributed by atoms with E-state index in [0.717, 1.165) is 24.2 Å². The van der Waals surface area contributed by atoms with Crippen molar-refractivity contribution in [3.8, 4) is 0 Å². The van der Waals surface area contributed by atoms with Gasteiger partial charge in [0.15, 0.2) is 5.69 Å². The lowest BCUT2D eigenvalue weighted by Gasteiger charge is -2.27. The van der Waals surface area contributed by atoms with E-state index < -0.39 is 0 Å². The number of benzene rings is 1. The number of nitrogens with zero attached hydrogens (tertiary/aromatic N) is 3. The van der Waals surface area contributed by atoms with Crippen LogP contribution in [0.3, 0.4) is 0 Å². The first-order chi connectivity index (χ1) is 15.2. The van der Waals surface area contributed by atoms with Crippen LogP contribution in [0.15, 0.2) is 24.3 Å². The molecule has 1 aromatic heterocycles. The molecule has 0 unspecified atom stereocenters. The van der Waals surface area contributed by atoms with E-state index in [1.54, 1.807) is 0 Å². The van der Waals surface area contributed by atoms with Crippen LogP contribution in [0.2, 0.25) is 0 Å². The topological polar surface area (TPSA) is 38.1 Å². The van der Waals surface area contributed by atoms with E-state index in [0.29, 0.717) is 12.0 Å². The van der Waals surface area contributed by atoms with Gasteiger partial charge in [-0.1, -0.05) is 56.7 Å². The lowest BCUT2D eigenvalue weighted by Crippen LogP contribution is -2.29. The SMILES string of the molecule is CN(C(=O)c1nn(C2CCCCC2)c2c1CCCC2)c1ccccc1C1CCCCC1. The first-order valence-electron chi connectivity index (χ1n) is 12.7. The molecule has 31 heavy (non-hydrogen) atoms. The van der Waals surface area contributed by atoms with Crippen LogP contribution in [0.25, 0.3) is 0 Å². The van der Waals surface area contributed by atoms with Crippen LogP contribution in [0.5, 0.6) is 0 Å². The number of rotatable bonds is 4. The molecule has 2 saturated carbocycles. The number of anilines is 1. The van der Waals surface area contributed by atoms with E-state index in [-0.39, 0.29) is 5.91 Å². The Morgan fingerprint density at radius 3 is 2.35 bits per heavy atom. The number of hydrogen-bond donors (Lipinski definition) is 0. The van der Waals surface area contributed by atoms with Gasteiger partial charge in [-0.25, -0.2) is 0 Å². The van der Waals surface area contributed by atoms with E-state index in [9.17, 15) is 4.79 Å². The highest BCUT2D eigenvalue weighted by molar-refractivity contribution is 6.06. The van der Waals surface area contributed by atoms with Gasteiger partial charge in [-0.15, -0.1) is 0 Å². The number of hydrogen-bond acceptors (Lipinski definition) is 2. The molecule has 2 fully saturated rings. The van der Waals surface area contributed by atoms with E-state index in [2.05, 4.69) is 28.9 Å². The van der Waals surface area contributed by atoms with Crippen molar-refractivity contribution in [1.29, 1.82) is 0 Å². The van der Waals surface area contributed by atoms with Crippen molar-refractivity contribution in [3.63, 3.8) is 0 Å². The maximum atomic E-state index is 13.8. The molecule has 1 heterocycles. The first kappa shape index (κ1) is 20.8. The second-order valence-electron chi connectivity index (χ2n) is 9.98. The second kappa shape index (κ2) is 9.18. The molecule has 2 aromatic rings. The van der Waals surface area contributed by atoms with Crippen LogP contribution in [0.1, 0.15) is 116 Å². The molecule has 0 aliphatic heterocycles. The highest BCUT2D eigenvalue weighted by Gasteiger charge is 2.31. The fraction of sp³-hybridized carbons (Fsp3) is 0.630. The standard InChI is InChI=1S/C27H37N3O/c1-29(24-18-10-8-16-22(24)20-12-4-2-5-13-20)27(31)26-23-17-9-11-19-25(23)30(28-26)21-14-6-3-7-15-21/h8,10,16,18,20-21H,2-7,9,11-15,17,19H2,1H3. The van der Waals surface area contributed by atoms with E-state index in [1.165, 1.54) is 93.9 Å². The molecule has 0 N–H and O–H groups in total. The monoisotopic (exact) mass is 419 g/mol. The molecule has 166 valence electrons. The number of para-hydroxylation sites is 1. The van der Waals surface area contributed by atoms with Crippen molar-refractivity contribution in [2.45, 2.75) is 102 Å². The molecule has 0 radical (unpaired) electrons. The number of carbonyl (C=O) groups is 1. The Bertz CT molecular complexity index is 919. The highest BCUT2D eigenvalue weighted by atomic mass is 16.2. The van der Waals surface area contributed by atoms with Crippen molar-refractivity contribution in [3.05, 3.63) is 46.8 Å². The van der Waals surface area contributed by atoms with Crippen LogP contribution < -0.4 is 4.90 Å². The van der Waals surface area contributed by atoms with Gasteiger partial charge in [-0.2, -0.15) is 5.10 Å². The Labute approximate surface area is 187 Å². The van der Waals surface area contributed by atoms with Gasteiger partial charge in [-0.05, 0) is 68.9 Å². The Morgan fingerprint density at radius 1 is 0.903 bits per heavy atom.